The molecule has 2 heterocycles. The fraction of sp³-hybridized carbons (Fsp3) is 0.583. The third-order valence-electron chi connectivity index (χ3n) is 3.09. The first kappa shape index (κ1) is 13.1. The van der Waals surface area contributed by atoms with Crippen LogP contribution in [0.5, 0.6) is 0 Å². The third kappa shape index (κ3) is 2.41. The number of hydrogen-bond acceptors (Lipinski definition) is 3. The van der Waals surface area contributed by atoms with Gasteiger partial charge in [-0.15, -0.1) is 11.6 Å². The molecule has 0 bridgehead atoms. The molecule has 0 aliphatic carbocycles. The molecule has 0 amide bonds. The fourth-order valence-electron chi connectivity index (χ4n) is 2.02. The van der Waals surface area contributed by atoms with E-state index in [-0.39, 0.29) is 0 Å². The molecule has 0 atom stereocenters. The van der Waals surface area contributed by atoms with Crippen molar-refractivity contribution in [3.63, 3.8) is 0 Å². The van der Waals surface area contributed by atoms with E-state index in [1.54, 1.807) is 6.33 Å². The Hall–Kier alpha value is -1.36. The van der Waals surface area contributed by atoms with Gasteiger partial charge in [0.2, 0.25) is 0 Å². The summed E-state index contributed by atoms with van der Waals surface area (Å²) in [6.45, 7) is 7.68. The van der Waals surface area contributed by atoms with Crippen LogP contribution in [0.2, 0.25) is 0 Å². The summed E-state index contributed by atoms with van der Waals surface area (Å²) in [5, 5.41) is 8.73. The summed E-state index contributed by atoms with van der Waals surface area (Å²) >= 11 is 5.93. The van der Waals surface area contributed by atoms with E-state index in [0.717, 1.165) is 35.7 Å². The molecule has 98 valence electrons. The van der Waals surface area contributed by atoms with Gasteiger partial charge < -0.3 is 0 Å². The number of aromatic nitrogens is 5. The maximum Gasteiger partial charge on any atom is 0.148 e. The van der Waals surface area contributed by atoms with Crippen molar-refractivity contribution in [3.8, 4) is 0 Å². The van der Waals surface area contributed by atoms with Gasteiger partial charge in [-0.1, -0.05) is 6.92 Å². The maximum absolute atomic E-state index is 5.93. The standard InChI is InChI=1S/C12H18ClN5/c1-4-5-17-12(14-8-15-17)7-18-10(3)11(6-13)9(2)16-18/h8H,4-7H2,1-3H3. The van der Waals surface area contributed by atoms with Crippen LogP contribution in [0.25, 0.3) is 0 Å². The Morgan fingerprint density at radius 2 is 2.06 bits per heavy atom. The predicted octanol–water partition coefficient (Wildman–Crippen LogP) is 2.29. The smallest absolute Gasteiger partial charge is 0.148 e. The number of halogens is 1. The molecule has 2 aromatic rings. The van der Waals surface area contributed by atoms with Crippen LogP contribution >= 0.6 is 11.6 Å². The Kier molecular flexibility index (Phi) is 4.01. The minimum Gasteiger partial charge on any atom is -0.262 e. The molecule has 0 saturated heterocycles. The Balaban J connectivity index is 2.26. The summed E-state index contributed by atoms with van der Waals surface area (Å²) in [7, 11) is 0. The monoisotopic (exact) mass is 267 g/mol. The number of hydrogen-bond donors (Lipinski definition) is 0. The summed E-state index contributed by atoms with van der Waals surface area (Å²) in [4.78, 5) is 4.29. The molecule has 6 heteroatoms. The number of alkyl halides is 1. The van der Waals surface area contributed by atoms with Crippen LogP contribution in [0, 0.1) is 13.8 Å². The van der Waals surface area contributed by atoms with Gasteiger partial charge in [0, 0.05) is 17.8 Å². The second-order valence-corrected chi connectivity index (χ2v) is 4.61. The van der Waals surface area contributed by atoms with Crippen molar-refractivity contribution in [1.82, 2.24) is 24.5 Å². The van der Waals surface area contributed by atoms with Crippen LogP contribution in [-0.4, -0.2) is 24.5 Å². The highest BCUT2D eigenvalue weighted by Gasteiger charge is 2.12. The van der Waals surface area contributed by atoms with Gasteiger partial charge in [0.25, 0.3) is 0 Å². The molecule has 0 aliphatic rings. The average molecular weight is 268 g/mol. The zero-order valence-corrected chi connectivity index (χ0v) is 11.8. The largest absolute Gasteiger partial charge is 0.262 e. The second-order valence-electron chi connectivity index (χ2n) is 4.34. The lowest BCUT2D eigenvalue weighted by Crippen LogP contribution is -2.12. The van der Waals surface area contributed by atoms with Gasteiger partial charge >= 0.3 is 0 Å². The van der Waals surface area contributed by atoms with E-state index in [1.807, 2.05) is 23.2 Å². The van der Waals surface area contributed by atoms with E-state index >= 15 is 0 Å². The van der Waals surface area contributed by atoms with Crippen molar-refractivity contribution < 1.29 is 0 Å². The first-order chi connectivity index (χ1) is 8.67. The molecule has 0 radical (unpaired) electrons. The van der Waals surface area contributed by atoms with E-state index in [1.165, 1.54) is 0 Å². The molecular formula is C12H18ClN5. The quantitative estimate of drug-likeness (QED) is 0.781. The summed E-state index contributed by atoms with van der Waals surface area (Å²) in [5.74, 6) is 1.43. The van der Waals surface area contributed by atoms with Crippen molar-refractivity contribution >= 4 is 11.6 Å². The summed E-state index contributed by atoms with van der Waals surface area (Å²) < 4.78 is 3.88. The molecule has 0 aliphatic heterocycles. The van der Waals surface area contributed by atoms with Gasteiger partial charge in [-0.3, -0.25) is 4.68 Å². The number of aryl methyl sites for hydroxylation is 2. The molecule has 5 nitrogen and oxygen atoms in total. The molecule has 2 rings (SSSR count). The molecule has 0 spiro atoms. The van der Waals surface area contributed by atoms with Gasteiger partial charge in [0.1, 0.15) is 18.7 Å². The van der Waals surface area contributed by atoms with Crippen molar-refractivity contribution in [2.45, 2.75) is 46.2 Å². The Morgan fingerprint density at radius 3 is 2.67 bits per heavy atom. The molecule has 18 heavy (non-hydrogen) atoms. The molecule has 0 saturated carbocycles. The van der Waals surface area contributed by atoms with Crippen LogP contribution in [0.1, 0.15) is 36.1 Å². The molecule has 0 N–H and O–H groups in total. The second kappa shape index (κ2) is 5.52. The van der Waals surface area contributed by atoms with Crippen molar-refractivity contribution in [1.29, 1.82) is 0 Å². The van der Waals surface area contributed by atoms with Crippen LogP contribution in [0.15, 0.2) is 6.33 Å². The lowest BCUT2D eigenvalue weighted by molar-refractivity contribution is 0.533. The predicted molar refractivity (Wildman–Crippen MR) is 70.7 cm³/mol. The van der Waals surface area contributed by atoms with Crippen molar-refractivity contribution in [2.24, 2.45) is 0 Å². The Labute approximate surface area is 112 Å². The normalized spacial score (nSPS) is 11.1. The minimum absolute atomic E-state index is 0.499. The summed E-state index contributed by atoms with van der Waals surface area (Å²) in [5.41, 5.74) is 3.20. The molecule has 0 unspecified atom stereocenters. The highest BCUT2D eigenvalue weighted by molar-refractivity contribution is 6.17. The van der Waals surface area contributed by atoms with E-state index in [0.29, 0.717) is 12.4 Å². The van der Waals surface area contributed by atoms with Gasteiger partial charge in [-0.05, 0) is 20.3 Å². The average Bonchev–Trinajstić information content (AvgIpc) is 2.87. The van der Waals surface area contributed by atoms with Gasteiger partial charge in [0.15, 0.2) is 0 Å². The van der Waals surface area contributed by atoms with Crippen LogP contribution in [0.3, 0.4) is 0 Å². The zero-order valence-electron chi connectivity index (χ0n) is 11.0. The van der Waals surface area contributed by atoms with E-state index in [4.69, 9.17) is 11.6 Å². The lowest BCUT2D eigenvalue weighted by atomic mass is 10.2. The van der Waals surface area contributed by atoms with Gasteiger partial charge in [-0.2, -0.15) is 10.2 Å². The van der Waals surface area contributed by atoms with Crippen LogP contribution in [-0.2, 0) is 19.0 Å². The van der Waals surface area contributed by atoms with E-state index < -0.39 is 0 Å². The highest BCUT2D eigenvalue weighted by atomic mass is 35.5. The maximum atomic E-state index is 5.93. The molecule has 2 aromatic heterocycles. The fourth-order valence-corrected chi connectivity index (χ4v) is 2.41. The lowest BCUT2D eigenvalue weighted by Gasteiger charge is -2.06. The van der Waals surface area contributed by atoms with E-state index in [2.05, 4.69) is 22.1 Å². The SMILES string of the molecule is CCCn1ncnc1Cn1nc(C)c(CCl)c1C. The van der Waals surface area contributed by atoms with Crippen LogP contribution < -0.4 is 0 Å². The van der Waals surface area contributed by atoms with Crippen molar-refractivity contribution in [3.05, 3.63) is 29.1 Å². The topological polar surface area (TPSA) is 48.5 Å². The first-order valence-electron chi connectivity index (χ1n) is 6.12. The minimum atomic E-state index is 0.499. The molecular weight excluding hydrogens is 250 g/mol. The molecule has 0 aromatic carbocycles. The number of nitrogens with zero attached hydrogens (tertiary/aromatic N) is 5. The van der Waals surface area contributed by atoms with E-state index in [9.17, 15) is 0 Å². The Bertz CT molecular complexity index is 529. The first-order valence-corrected chi connectivity index (χ1v) is 6.66. The zero-order chi connectivity index (χ0) is 13.1. The highest BCUT2D eigenvalue weighted by Crippen LogP contribution is 2.16. The van der Waals surface area contributed by atoms with Gasteiger partial charge in [0.05, 0.1) is 11.6 Å². The number of rotatable bonds is 5. The third-order valence-corrected chi connectivity index (χ3v) is 3.35. The van der Waals surface area contributed by atoms with Gasteiger partial charge in [-0.25, -0.2) is 9.67 Å². The summed E-state index contributed by atoms with van der Waals surface area (Å²) in [6, 6.07) is 0. The van der Waals surface area contributed by atoms with Crippen LogP contribution in [0.4, 0.5) is 0 Å². The van der Waals surface area contributed by atoms with Crippen molar-refractivity contribution in [2.75, 3.05) is 0 Å². The Morgan fingerprint density at radius 1 is 1.28 bits per heavy atom. The molecule has 0 fully saturated rings. The summed E-state index contributed by atoms with van der Waals surface area (Å²) in [6.07, 6.45) is 2.64.